The summed E-state index contributed by atoms with van der Waals surface area (Å²) in [7, 11) is -3.81. The van der Waals surface area contributed by atoms with Crippen molar-refractivity contribution >= 4 is 39.1 Å². The molecule has 0 radical (unpaired) electrons. The van der Waals surface area contributed by atoms with Crippen molar-refractivity contribution in [3.8, 4) is 0 Å². The van der Waals surface area contributed by atoms with Gasteiger partial charge in [-0.05, 0) is 43.7 Å². The van der Waals surface area contributed by atoms with Gasteiger partial charge in [0.25, 0.3) is 5.69 Å². The molecule has 3 N–H and O–H groups in total. The van der Waals surface area contributed by atoms with Crippen LogP contribution in [0.15, 0.2) is 58.6 Å². The van der Waals surface area contributed by atoms with Crippen LogP contribution >= 0.6 is 11.6 Å². The lowest BCUT2D eigenvalue weighted by molar-refractivity contribution is -0.384. The molecule has 0 saturated heterocycles. The van der Waals surface area contributed by atoms with Crippen molar-refractivity contribution in [2.75, 3.05) is 19.0 Å². The van der Waals surface area contributed by atoms with E-state index >= 15 is 0 Å². The van der Waals surface area contributed by atoms with Gasteiger partial charge in [-0.15, -0.1) is 0 Å². The van der Waals surface area contributed by atoms with Crippen molar-refractivity contribution in [3.63, 3.8) is 0 Å². The molecule has 36 heavy (non-hydrogen) atoms. The normalized spacial score (nSPS) is 16.1. The largest absolute Gasteiger partial charge is 0.478 e. The molecule has 2 aromatic rings. The molecule has 14 heteroatoms. The van der Waals surface area contributed by atoms with Crippen molar-refractivity contribution in [3.05, 3.63) is 80.3 Å². The number of hydrogen-bond acceptors (Lipinski definition) is 7. The van der Waals surface area contributed by atoms with Crippen LogP contribution in [0.5, 0.6) is 0 Å². The molecule has 11 nitrogen and oxygen atoms in total. The number of rotatable bonds is 10. The molecule has 0 bridgehead atoms. The highest BCUT2D eigenvalue weighted by molar-refractivity contribution is 7.91. The third-order valence-corrected chi connectivity index (χ3v) is 7.31. The van der Waals surface area contributed by atoms with E-state index in [0.29, 0.717) is 0 Å². The maximum absolute atomic E-state index is 13.3. The molecule has 0 saturated carbocycles. The Morgan fingerprint density at radius 3 is 2.67 bits per heavy atom. The monoisotopic (exact) mass is 540 g/mol. The number of nitrogens with one attached hydrogen (secondary N) is 2. The molecule has 2 amide bonds. The van der Waals surface area contributed by atoms with Crippen LogP contribution in [0.1, 0.15) is 24.9 Å². The highest BCUT2D eigenvalue weighted by Gasteiger charge is 2.38. The Labute approximate surface area is 210 Å². The minimum absolute atomic E-state index is 0.0126. The molecule has 1 unspecified atom stereocenters. The fourth-order valence-electron chi connectivity index (χ4n) is 3.78. The predicted octanol–water partition coefficient (Wildman–Crippen LogP) is 3.22. The van der Waals surface area contributed by atoms with Crippen LogP contribution in [0.3, 0.4) is 0 Å². The summed E-state index contributed by atoms with van der Waals surface area (Å²) in [6.07, 6.45) is 0.227. The molecule has 0 spiro atoms. The Morgan fingerprint density at radius 2 is 2.03 bits per heavy atom. The van der Waals surface area contributed by atoms with E-state index in [0.717, 1.165) is 18.2 Å². The summed E-state index contributed by atoms with van der Waals surface area (Å²) in [5.41, 5.74) is -0.0330. The van der Waals surface area contributed by atoms with Crippen LogP contribution in [0.2, 0.25) is 5.02 Å². The van der Waals surface area contributed by atoms with Crippen molar-refractivity contribution in [2.45, 2.75) is 24.3 Å². The molecular formula is C22H22ClFN4O7S. The number of halogens is 2. The summed E-state index contributed by atoms with van der Waals surface area (Å²) < 4.78 is 38.2. The van der Waals surface area contributed by atoms with E-state index in [1.807, 2.05) is 0 Å². The van der Waals surface area contributed by atoms with Gasteiger partial charge >= 0.3 is 12.0 Å². The molecule has 0 fully saturated rings. The molecular weight excluding hydrogens is 519 g/mol. The van der Waals surface area contributed by atoms with Gasteiger partial charge in [0.1, 0.15) is 11.7 Å². The number of carboxylic acid groups (broad SMARTS) is 1. The van der Waals surface area contributed by atoms with Crippen molar-refractivity contribution in [2.24, 2.45) is 0 Å². The second kappa shape index (κ2) is 11.0. The standard InChI is InChI=1S/C22H22ClFN4O7S/c1-13-19(21(29)30)20(14-4-2-5-15(10-14)28(32)33)27(22(31)26-13)9-3-8-25-12-36(34,35)16-6-7-18(24)17(23)11-16/h2,4-7,10-11,20,25H,3,8-9,12H2,1H3,(H,26,31)(H,29,30). The second-order valence-corrected chi connectivity index (χ2v) is 10.3. The van der Waals surface area contributed by atoms with Gasteiger partial charge in [-0.3, -0.25) is 10.1 Å². The van der Waals surface area contributed by atoms with Crippen LogP contribution in [-0.4, -0.2) is 54.3 Å². The Bertz CT molecular complexity index is 1350. The average Bonchev–Trinajstić information content (AvgIpc) is 2.81. The zero-order valence-electron chi connectivity index (χ0n) is 18.9. The first-order valence-corrected chi connectivity index (χ1v) is 12.6. The number of nitrogens with zero attached hydrogens (tertiary/aromatic N) is 2. The molecule has 0 aromatic heterocycles. The predicted molar refractivity (Wildman–Crippen MR) is 127 cm³/mol. The molecule has 1 heterocycles. The second-order valence-electron chi connectivity index (χ2n) is 7.91. The van der Waals surface area contributed by atoms with E-state index in [-0.39, 0.29) is 51.9 Å². The number of urea groups is 1. The molecule has 1 aliphatic heterocycles. The minimum atomic E-state index is -3.81. The van der Waals surface area contributed by atoms with Crippen molar-refractivity contribution in [1.82, 2.24) is 15.5 Å². The number of allylic oxidation sites excluding steroid dienone is 1. The van der Waals surface area contributed by atoms with E-state index in [1.165, 1.54) is 36.1 Å². The number of nitro benzene ring substituents is 1. The van der Waals surface area contributed by atoms with Crippen LogP contribution in [0.4, 0.5) is 14.9 Å². The Balaban J connectivity index is 1.73. The summed E-state index contributed by atoms with van der Waals surface area (Å²) in [6, 6.07) is 6.74. The zero-order chi connectivity index (χ0) is 26.6. The summed E-state index contributed by atoms with van der Waals surface area (Å²) in [5, 5.41) is 25.9. The van der Waals surface area contributed by atoms with Gasteiger partial charge in [-0.25, -0.2) is 22.4 Å². The number of non-ortho nitro benzene ring substituents is 1. The Morgan fingerprint density at radius 1 is 1.31 bits per heavy atom. The third-order valence-electron chi connectivity index (χ3n) is 5.47. The van der Waals surface area contributed by atoms with E-state index in [2.05, 4.69) is 10.6 Å². The third kappa shape index (κ3) is 5.98. The van der Waals surface area contributed by atoms with E-state index in [4.69, 9.17) is 11.6 Å². The summed E-state index contributed by atoms with van der Waals surface area (Å²) >= 11 is 5.65. The van der Waals surface area contributed by atoms with Crippen LogP contribution in [0, 0.1) is 15.9 Å². The topological polar surface area (TPSA) is 159 Å². The Hall–Kier alpha value is -3.55. The lowest BCUT2D eigenvalue weighted by atomic mass is 9.93. The molecule has 3 rings (SSSR count). The van der Waals surface area contributed by atoms with Crippen molar-refractivity contribution < 1.29 is 32.4 Å². The smallest absolute Gasteiger partial charge is 0.335 e. The quantitative estimate of drug-likeness (QED) is 0.179. The number of carbonyl (C=O) groups excluding carboxylic acids is 1. The van der Waals surface area contributed by atoms with Crippen LogP contribution in [0.25, 0.3) is 0 Å². The lowest BCUT2D eigenvalue weighted by Gasteiger charge is -2.37. The maximum Gasteiger partial charge on any atom is 0.335 e. The number of benzene rings is 2. The molecule has 1 aliphatic rings. The number of sulfone groups is 1. The number of amides is 2. The van der Waals surface area contributed by atoms with E-state index in [1.54, 1.807) is 0 Å². The molecule has 0 aliphatic carbocycles. The summed E-state index contributed by atoms with van der Waals surface area (Å²) in [6.45, 7) is 1.57. The average molecular weight is 541 g/mol. The molecule has 2 aromatic carbocycles. The molecule has 1 atom stereocenters. The van der Waals surface area contributed by atoms with Crippen molar-refractivity contribution in [1.29, 1.82) is 0 Å². The first kappa shape index (κ1) is 27.0. The van der Waals surface area contributed by atoms with Crippen LogP contribution < -0.4 is 10.6 Å². The highest BCUT2D eigenvalue weighted by atomic mass is 35.5. The van der Waals surface area contributed by atoms with Gasteiger partial charge in [0.2, 0.25) is 0 Å². The fourth-order valence-corrected chi connectivity index (χ4v) is 5.17. The number of hydrogen-bond donors (Lipinski definition) is 3. The summed E-state index contributed by atoms with van der Waals surface area (Å²) in [4.78, 5) is 36.4. The first-order valence-electron chi connectivity index (χ1n) is 10.6. The van der Waals surface area contributed by atoms with Gasteiger partial charge < -0.3 is 20.6 Å². The summed E-state index contributed by atoms with van der Waals surface area (Å²) in [5.74, 6) is -2.52. The van der Waals surface area contributed by atoms with Crippen LogP contribution in [-0.2, 0) is 14.6 Å². The maximum atomic E-state index is 13.3. The minimum Gasteiger partial charge on any atom is -0.478 e. The van der Waals surface area contributed by atoms with Gasteiger partial charge in [0.15, 0.2) is 9.84 Å². The van der Waals surface area contributed by atoms with Gasteiger partial charge in [0, 0.05) is 24.4 Å². The SMILES string of the molecule is CC1=C(C(=O)O)C(c2cccc([N+](=O)[O-])c2)N(CCCNCS(=O)(=O)c2ccc(F)c(Cl)c2)C(=O)N1. The van der Waals surface area contributed by atoms with E-state index < -0.39 is 44.5 Å². The number of carboxylic acids is 1. The lowest BCUT2D eigenvalue weighted by Crippen LogP contribution is -2.49. The first-order chi connectivity index (χ1) is 16.9. The number of aliphatic carboxylic acids is 1. The number of nitro groups is 1. The molecule has 192 valence electrons. The number of carbonyl (C=O) groups is 2. The highest BCUT2D eigenvalue weighted by Crippen LogP contribution is 2.35. The van der Waals surface area contributed by atoms with E-state index in [9.17, 15) is 37.6 Å². The van der Waals surface area contributed by atoms with Gasteiger partial charge in [0.05, 0.1) is 26.5 Å². The van der Waals surface area contributed by atoms with Gasteiger partial charge in [-0.2, -0.15) is 0 Å². The zero-order valence-corrected chi connectivity index (χ0v) is 20.5. The Kier molecular flexibility index (Phi) is 8.28. The van der Waals surface area contributed by atoms with Gasteiger partial charge in [-0.1, -0.05) is 23.7 Å². The fraction of sp³-hybridized carbons (Fsp3) is 0.273.